The number of hydrogen-bond donors (Lipinski definition) is 0. The highest BCUT2D eigenvalue weighted by molar-refractivity contribution is 5.78. The molecule has 4 heteroatoms. The molecule has 1 aliphatic rings. The molecule has 0 heterocycles. The second-order valence-electron chi connectivity index (χ2n) is 7.33. The minimum atomic E-state index is -0.199. The number of benzene rings is 2. The summed E-state index contributed by atoms with van der Waals surface area (Å²) in [6.07, 6.45) is 5.00. The molecule has 3 rings (SSSR count). The van der Waals surface area contributed by atoms with Crippen LogP contribution >= 0.6 is 0 Å². The minimum absolute atomic E-state index is 0.123. The average Bonchev–Trinajstić information content (AvgIpc) is 3.22. The standard InChI is InChI=1S/C23H24O4/c1-23(2)20(13-6-7-14-24)21(23)22(25)26-16-17-9-8-12-19(15-17)27-18-10-4-3-5-11-18/h3-6,8-15,20-21H,7,16H2,1-2H3. The van der Waals surface area contributed by atoms with Gasteiger partial charge in [0.2, 0.25) is 0 Å². The molecular weight excluding hydrogens is 340 g/mol. The Bertz CT molecular complexity index is 823. The first-order valence-electron chi connectivity index (χ1n) is 9.11. The smallest absolute Gasteiger partial charge is 0.310 e. The van der Waals surface area contributed by atoms with Gasteiger partial charge in [-0.1, -0.05) is 56.3 Å². The molecule has 0 aromatic heterocycles. The first-order valence-corrected chi connectivity index (χ1v) is 9.11. The number of para-hydroxylation sites is 1. The molecule has 0 bridgehead atoms. The summed E-state index contributed by atoms with van der Waals surface area (Å²) in [5.74, 6) is 1.23. The zero-order valence-electron chi connectivity index (χ0n) is 15.6. The van der Waals surface area contributed by atoms with E-state index in [2.05, 4.69) is 0 Å². The Labute approximate surface area is 159 Å². The van der Waals surface area contributed by atoms with Crippen LogP contribution in [0, 0.1) is 17.3 Å². The van der Waals surface area contributed by atoms with Crippen LogP contribution in [0.4, 0.5) is 0 Å². The van der Waals surface area contributed by atoms with E-state index in [1.54, 1.807) is 0 Å². The Morgan fingerprint density at radius 1 is 1.07 bits per heavy atom. The number of aldehydes is 1. The van der Waals surface area contributed by atoms with Gasteiger partial charge in [-0.05, 0) is 41.2 Å². The Balaban J connectivity index is 1.56. The highest BCUT2D eigenvalue weighted by atomic mass is 16.5. The maximum Gasteiger partial charge on any atom is 0.310 e. The lowest BCUT2D eigenvalue weighted by Gasteiger charge is -2.09. The molecule has 1 fully saturated rings. The van der Waals surface area contributed by atoms with E-state index in [1.165, 1.54) is 0 Å². The highest BCUT2D eigenvalue weighted by Gasteiger charge is 2.61. The Kier molecular flexibility index (Phi) is 5.75. The summed E-state index contributed by atoms with van der Waals surface area (Å²) in [6.45, 7) is 4.30. The molecule has 0 spiro atoms. The first-order chi connectivity index (χ1) is 13.0. The Morgan fingerprint density at radius 3 is 2.56 bits per heavy atom. The van der Waals surface area contributed by atoms with Crippen LogP contribution in [-0.4, -0.2) is 12.3 Å². The zero-order chi connectivity index (χ0) is 19.3. The van der Waals surface area contributed by atoms with E-state index in [9.17, 15) is 9.59 Å². The van der Waals surface area contributed by atoms with Gasteiger partial charge in [0, 0.05) is 6.42 Å². The molecular formula is C23H24O4. The predicted molar refractivity (Wildman–Crippen MR) is 103 cm³/mol. The van der Waals surface area contributed by atoms with E-state index < -0.39 is 0 Å². The molecule has 0 N–H and O–H groups in total. The van der Waals surface area contributed by atoms with Crippen LogP contribution in [-0.2, 0) is 20.9 Å². The van der Waals surface area contributed by atoms with Crippen molar-refractivity contribution in [1.29, 1.82) is 0 Å². The number of ether oxygens (including phenoxy) is 2. The molecule has 2 unspecified atom stereocenters. The molecule has 27 heavy (non-hydrogen) atoms. The lowest BCUT2D eigenvalue weighted by Crippen LogP contribution is -2.10. The van der Waals surface area contributed by atoms with Crippen molar-refractivity contribution in [2.75, 3.05) is 0 Å². The summed E-state index contributed by atoms with van der Waals surface area (Å²) >= 11 is 0. The molecule has 0 radical (unpaired) electrons. The first kappa shape index (κ1) is 18.9. The Hall–Kier alpha value is -2.88. The summed E-state index contributed by atoms with van der Waals surface area (Å²) in [5, 5.41) is 0. The van der Waals surface area contributed by atoms with Crippen molar-refractivity contribution < 1.29 is 19.1 Å². The molecule has 0 saturated heterocycles. The number of esters is 1. The van der Waals surface area contributed by atoms with E-state index in [0.717, 1.165) is 17.6 Å². The summed E-state index contributed by atoms with van der Waals surface area (Å²) in [7, 11) is 0. The fourth-order valence-corrected chi connectivity index (χ4v) is 3.34. The van der Waals surface area contributed by atoms with Gasteiger partial charge in [-0.15, -0.1) is 0 Å². The molecule has 2 aromatic rings. The van der Waals surface area contributed by atoms with E-state index in [0.29, 0.717) is 12.2 Å². The SMILES string of the molecule is CC1(C)C(C=CCC=O)C1C(=O)OCc1cccc(Oc2ccccc2)c1. The normalized spacial score (nSPS) is 20.2. The van der Waals surface area contributed by atoms with E-state index in [4.69, 9.17) is 9.47 Å². The average molecular weight is 364 g/mol. The van der Waals surface area contributed by atoms with Gasteiger partial charge in [0.25, 0.3) is 0 Å². The molecule has 2 aromatic carbocycles. The van der Waals surface area contributed by atoms with E-state index in [-0.39, 0.29) is 29.8 Å². The lowest BCUT2D eigenvalue weighted by molar-refractivity contribution is -0.147. The van der Waals surface area contributed by atoms with Gasteiger partial charge in [0.15, 0.2) is 0 Å². The van der Waals surface area contributed by atoms with Crippen molar-refractivity contribution >= 4 is 12.3 Å². The van der Waals surface area contributed by atoms with Crippen molar-refractivity contribution in [3.8, 4) is 11.5 Å². The number of carbonyl (C=O) groups excluding carboxylic acids is 2. The lowest BCUT2D eigenvalue weighted by atomic mass is 10.1. The number of carbonyl (C=O) groups is 2. The molecule has 1 aliphatic carbocycles. The van der Waals surface area contributed by atoms with Crippen LogP contribution in [0.3, 0.4) is 0 Å². The van der Waals surface area contributed by atoms with Gasteiger partial charge in [-0.25, -0.2) is 0 Å². The van der Waals surface area contributed by atoms with Gasteiger partial charge >= 0.3 is 5.97 Å². The number of hydrogen-bond acceptors (Lipinski definition) is 4. The zero-order valence-corrected chi connectivity index (χ0v) is 15.6. The number of rotatable bonds is 8. The monoisotopic (exact) mass is 364 g/mol. The topological polar surface area (TPSA) is 52.6 Å². The van der Waals surface area contributed by atoms with Crippen molar-refractivity contribution in [2.45, 2.75) is 26.9 Å². The highest BCUT2D eigenvalue weighted by Crippen LogP contribution is 2.59. The van der Waals surface area contributed by atoms with Gasteiger partial charge in [0.1, 0.15) is 24.4 Å². The van der Waals surface area contributed by atoms with Crippen molar-refractivity contribution in [1.82, 2.24) is 0 Å². The van der Waals surface area contributed by atoms with Crippen LogP contribution in [0.2, 0.25) is 0 Å². The van der Waals surface area contributed by atoms with Crippen LogP contribution in [0.1, 0.15) is 25.8 Å². The fourth-order valence-electron chi connectivity index (χ4n) is 3.34. The van der Waals surface area contributed by atoms with E-state index in [1.807, 2.05) is 80.6 Å². The summed E-state index contributed by atoms with van der Waals surface area (Å²) in [6, 6.07) is 17.1. The molecule has 1 saturated carbocycles. The maximum absolute atomic E-state index is 12.5. The van der Waals surface area contributed by atoms with Crippen LogP contribution in [0.5, 0.6) is 11.5 Å². The third-order valence-corrected chi connectivity index (χ3v) is 5.00. The maximum atomic E-state index is 12.5. The van der Waals surface area contributed by atoms with Gasteiger partial charge in [-0.3, -0.25) is 4.79 Å². The second kappa shape index (κ2) is 8.21. The summed E-state index contributed by atoms with van der Waals surface area (Å²) in [5.41, 5.74) is 0.748. The van der Waals surface area contributed by atoms with Crippen molar-refractivity contribution in [2.24, 2.45) is 17.3 Å². The Morgan fingerprint density at radius 2 is 1.81 bits per heavy atom. The second-order valence-corrected chi connectivity index (χ2v) is 7.33. The molecule has 140 valence electrons. The summed E-state index contributed by atoms with van der Waals surface area (Å²) in [4.78, 5) is 22.9. The van der Waals surface area contributed by atoms with Gasteiger partial charge < -0.3 is 14.3 Å². The van der Waals surface area contributed by atoms with Crippen LogP contribution in [0.25, 0.3) is 0 Å². The molecule has 0 amide bonds. The summed E-state index contributed by atoms with van der Waals surface area (Å²) < 4.78 is 11.3. The largest absolute Gasteiger partial charge is 0.461 e. The van der Waals surface area contributed by atoms with Crippen LogP contribution in [0.15, 0.2) is 66.7 Å². The molecule has 4 nitrogen and oxygen atoms in total. The van der Waals surface area contributed by atoms with E-state index >= 15 is 0 Å². The minimum Gasteiger partial charge on any atom is -0.461 e. The quantitative estimate of drug-likeness (QED) is 0.378. The molecule has 2 atom stereocenters. The van der Waals surface area contributed by atoms with Gasteiger partial charge in [0.05, 0.1) is 5.92 Å². The number of allylic oxidation sites excluding steroid dienone is 2. The van der Waals surface area contributed by atoms with Gasteiger partial charge in [-0.2, -0.15) is 0 Å². The van der Waals surface area contributed by atoms with Crippen molar-refractivity contribution in [3.05, 3.63) is 72.3 Å². The predicted octanol–water partition coefficient (Wildman–Crippen LogP) is 4.94. The fraction of sp³-hybridized carbons (Fsp3) is 0.304. The van der Waals surface area contributed by atoms with Crippen molar-refractivity contribution in [3.63, 3.8) is 0 Å². The van der Waals surface area contributed by atoms with Crippen LogP contribution < -0.4 is 4.74 Å². The third kappa shape index (κ3) is 4.64. The molecule has 0 aliphatic heterocycles. The third-order valence-electron chi connectivity index (χ3n) is 5.00.